The van der Waals surface area contributed by atoms with Gasteiger partial charge in [0.15, 0.2) is 22.9 Å². The van der Waals surface area contributed by atoms with Gasteiger partial charge in [0, 0.05) is 34.6 Å². The highest BCUT2D eigenvalue weighted by atomic mass is 15.3. The third-order valence-corrected chi connectivity index (χ3v) is 12.7. The Kier molecular flexibility index (Phi) is 7.13. The van der Waals surface area contributed by atoms with Gasteiger partial charge in [0.2, 0.25) is 0 Å². The molecule has 0 amide bonds. The molecule has 61 heavy (non-hydrogen) atoms. The van der Waals surface area contributed by atoms with Crippen molar-refractivity contribution in [3.05, 3.63) is 229 Å². The quantitative estimate of drug-likeness (QED) is 0.175. The van der Waals surface area contributed by atoms with Crippen molar-refractivity contribution in [2.75, 3.05) is 0 Å². The second kappa shape index (κ2) is 12.9. The van der Waals surface area contributed by atoms with Gasteiger partial charge in [-0.25, -0.2) is 19.0 Å². The predicted molar refractivity (Wildman–Crippen MR) is 243 cm³/mol. The molecule has 4 heterocycles. The topological polar surface area (TPSA) is 60.4 Å². The van der Waals surface area contributed by atoms with Gasteiger partial charge < -0.3 is 0 Å². The third kappa shape index (κ3) is 5.03. The number of pyridine rings is 2. The second-order valence-corrected chi connectivity index (χ2v) is 16.0. The summed E-state index contributed by atoms with van der Waals surface area (Å²) in [6, 6.07) is 69.4. The summed E-state index contributed by atoms with van der Waals surface area (Å²) in [5.41, 5.74) is 19.8. The molecule has 0 saturated carbocycles. The van der Waals surface area contributed by atoms with E-state index in [-0.39, 0.29) is 0 Å². The van der Waals surface area contributed by atoms with E-state index in [1.165, 1.54) is 44.5 Å². The summed E-state index contributed by atoms with van der Waals surface area (Å²) >= 11 is 0. The highest BCUT2D eigenvalue weighted by Crippen LogP contribution is 2.63. The van der Waals surface area contributed by atoms with Gasteiger partial charge in [-0.15, -0.1) is 10.2 Å². The number of nitrogens with zero attached hydrogens (tertiary/aromatic N) is 6. The number of benzene rings is 7. The molecule has 11 aromatic rings. The summed E-state index contributed by atoms with van der Waals surface area (Å²) in [4.78, 5) is 10.1. The normalized spacial score (nSPS) is 13.0. The summed E-state index contributed by atoms with van der Waals surface area (Å²) < 4.78 is 3.76. The number of rotatable bonds is 5. The molecule has 0 bridgehead atoms. The first kappa shape index (κ1) is 33.7. The number of hydrogen-bond acceptors (Lipinski definition) is 4. The first-order chi connectivity index (χ1) is 30.2. The lowest BCUT2D eigenvalue weighted by molar-refractivity contribution is 0.794. The van der Waals surface area contributed by atoms with Gasteiger partial charge in [0.05, 0.1) is 5.41 Å². The molecule has 284 valence electrons. The molecule has 7 aromatic carbocycles. The van der Waals surface area contributed by atoms with Crippen LogP contribution in [0.25, 0.3) is 89.7 Å². The van der Waals surface area contributed by atoms with Crippen LogP contribution in [0.2, 0.25) is 0 Å². The maximum absolute atomic E-state index is 5.08. The molecule has 2 aliphatic carbocycles. The molecule has 4 aromatic heterocycles. The Bertz CT molecular complexity index is 3350. The van der Waals surface area contributed by atoms with E-state index in [2.05, 4.69) is 182 Å². The predicted octanol–water partition coefficient (Wildman–Crippen LogP) is 12.5. The van der Waals surface area contributed by atoms with Crippen LogP contribution in [0.1, 0.15) is 22.3 Å². The molecule has 0 saturated heterocycles. The monoisotopic (exact) mass is 778 g/mol. The van der Waals surface area contributed by atoms with E-state index in [1.54, 1.807) is 0 Å². The fourth-order valence-corrected chi connectivity index (χ4v) is 9.94. The molecular weight excluding hydrogens is 745 g/mol. The first-order valence-corrected chi connectivity index (χ1v) is 20.6. The minimum Gasteiger partial charge on any atom is -0.220 e. The third-order valence-electron chi connectivity index (χ3n) is 12.7. The average Bonchev–Trinajstić information content (AvgIpc) is 4.10. The summed E-state index contributed by atoms with van der Waals surface area (Å²) in [6.45, 7) is 0. The zero-order chi connectivity index (χ0) is 40.1. The van der Waals surface area contributed by atoms with Crippen molar-refractivity contribution in [2.45, 2.75) is 5.41 Å². The lowest BCUT2D eigenvalue weighted by atomic mass is 9.70. The van der Waals surface area contributed by atoms with Crippen molar-refractivity contribution in [1.29, 1.82) is 0 Å². The van der Waals surface area contributed by atoms with Crippen molar-refractivity contribution in [2.24, 2.45) is 0 Å². The molecule has 0 unspecified atom stereocenters. The molecule has 0 atom stereocenters. The van der Waals surface area contributed by atoms with E-state index >= 15 is 0 Å². The molecule has 0 aliphatic heterocycles. The van der Waals surface area contributed by atoms with Gasteiger partial charge in [0.25, 0.3) is 0 Å². The highest BCUT2D eigenvalue weighted by Gasteiger charge is 2.51. The van der Waals surface area contributed by atoms with Crippen LogP contribution in [0.15, 0.2) is 207 Å². The minimum absolute atomic E-state index is 0.450. The maximum atomic E-state index is 5.08. The van der Waals surface area contributed by atoms with Crippen molar-refractivity contribution in [3.63, 3.8) is 0 Å². The first-order valence-electron chi connectivity index (χ1n) is 20.6. The van der Waals surface area contributed by atoms with Crippen LogP contribution in [-0.4, -0.2) is 29.2 Å². The zero-order valence-corrected chi connectivity index (χ0v) is 32.8. The van der Waals surface area contributed by atoms with Crippen molar-refractivity contribution in [3.8, 4) is 78.4 Å². The molecule has 2 aliphatic rings. The Hall–Kier alpha value is -8.22. The fourth-order valence-electron chi connectivity index (χ4n) is 9.94. The van der Waals surface area contributed by atoms with Gasteiger partial charge in [0.1, 0.15) is 0 Å². The summed E-state index contributed by atoms with van der Waals surface area (Å²) in [5.74, 6) is 1.26. The highest BCUT2D eigenvalue weighted by molar-refractivity contribution is 5.96. The average molecular weight is 779 g/mol. The van der Waals surface area contributed by atoms with Gasteiger partial charge in [-0.05, 0) is 115 Å². The van der Waals surface area contributed by atoms with E-state index in [0.29, 0.717) is 11.6 Å². The zero-order valence-electron chi connectivity index (χ0n) is 32.8. The van der Waals surface area contributed by atoms with Crippen LogP contribution in [0.5, 0.6) is 0 Å². The van der Waals surface area contributed by atoms with E-state index < -0.39 is 5.41 Å². The Labute approximate surface area is 351 Å². The van der Waals surface area contributed by atoms with E-state index in [4.69, 9.17) is 20.2 Å². The number of fused-ring (bicyclic) bond motifs is 12. The van der Waals surface area contributed by atoms with Crippen LogP contribution in [0.4, 0.5) is 0 Å². The van der Waals surface area contributed by atoms with E-state index in [1.807, 2.05) is 33.3 Å². The van der Waals surface area contributed by atoms with Crippen LogP contribution < -0.4 is 0 Å². The Morgan fingerprint density at radius 3 is 1.20 bits per heavy atom. The number of hydrogen-bond donors (Lipinski definition) is 0. The van der Waals surface area contributed by atoms with Crippen LogP contribution >= 0.6 is 0 Å². The van der Waals surface area contributed by atoms with Crippen molar-refractivity contribution < 1.29 is 0 Å². The molecule has 6 nitrogen and oxygen atoms in total. The van der Waals surface area contributed by atoms with Crippen molar-refractivity contribution in [1.82, 2.24) is 29.2 Å². The lowest BCUT2D eigenvalue weighted by Crippen LogP contribution is -2.25. The molecular formula is C55H34N6. The van der Waals surface area contributed by atoms with E-state index in [9.17, 15) is 0 Å². The van der Waals surface area contributed by atoms with Gasteiger partial charge in [-0.3, -0.25) is 0 Å². The maximum Gasteiger partial charge on any atom is 0.182 e. The lowest BCUT2D eigenvalue weighted by Gasteiger charge is -2.30. The largest absolute Gasteiger partial charge is 0.220 e. The van der Waals surface area contributed by atoms with Gasteiger partial charge >= 0.3 is 0 Å². The number of aromatic nitrogens is 6. The van der Waals surface area contributed by atoms with Crippen molar-refractivity contribution >= 4 is 11.3 Å². The van der Waals surface area contributed by atoms with E-state index in [0.717, 1.165) is 55.8 Å². The van der Waals surface area contributed by atoms with Crippen LogP contribution in [0, 0.1) is 0 Å². The second-order valence-electron chi connectivity index (χ2n) is 16.0. The Balaban J connectivity index is 1.01. The van der Waals surface area contributed by atoms with Gasteiger partial charge in [-0.2, -0.15) is 0 Å². The standard InChI is InChI=1S/C55H34N6/c1-3-13-35(14-4-1)38-24-27-51-56-53(58-60(51)33-38)41-29-40(30-42(31-41)54-57-52-28-25-39(34-61(52)59-54)36-15-5-2-6-16-36)37-23-26-46-45-19-9-12-22-49(45)55(50(46)32-37)47-20-10-7-17-43(47)44-18-8-11-21-48(44)55/h1-34H. The minimum atomic E-state index is -0.450. The molecule has 0 N–H and O–H groups in total. The smallest absolute Gasteiger partial charge is 0.182 e. The summed E-state index contributed by atoms with van der Waals surface area (Å²) in [6.07, 6.45) is 4.10. The molecule has 0 fully saturated rings. The summed E-state index contributed by atoms with van der Waals surface area (Å²) in [5, 5.41) is 10.2. The molecule has 13 rings (SSSR count). The van der Waals surface area contributed by atoms with Crippen LogP contribution in [0.3, 0.4) is 0 Å². The summed E-state index contributed by atoms with van der Waals surface area (Å²) in [7, 11) is 0. The molecule has 1 spiro atoms. The SMILES string of the molecule is c1ccc(-c2ccc3nc(-c4cc(-c5ccc6c(c5)C5(c7ccccc7-c7ccccc75)c5ccccc5-6)cc(-c5nc6ccc(-c7ccccc7)cn6n5)c4)nn3c2)cc1. The fraction of sp³-hybridized carbons (Fsp3) is 0.0182. The Morgan fingerprint density at radius 2 is 0.705 bits per heavy atom. The van der Waals surface area contributed by atoms with Crippen LogP contribution in [-0.2, 0) is 5.41 Å². The molecule has 6 heteroatoms. The molecule has 0 radical (unpaired) electrons. The van der Waals surface area contributed by atoms with Gasteiger partial charge in [-0.1, -0.05) is 146 Å². The Morgan fingerprint density at radius 1 is 0.295 bits per heavy atom.